The summed E-state index contributed by atoms with van der Waals surface area (Å²) in [7, 11) is 0. The highest BCUT2D eigenvalue weighted by molar-refractivity contribution is 5.79. The average molecular weight is 316 g/mol. The molecule has 0 saturated carbocycles. The summed E-state index contributed by atoms with van der Waals surface area (Å²) in [6.07, 6.45) is 2.55. The van der Waals surface area contributed by atoms with Gasteiger partial charge >= 0.3 is 0 Å². The lowest BCUT2D eigenvalue weighted by Gasteiger charge is -2.17. The number of nitrogens with one attached hydrogen (secondary N) is 2. The molecule has 0 radical (unpaired) electrons. The van der Waals surface area contributed by atoms with Gasteiger partial charge in [0.25, 0.3) is 0 Å². The minimum absolute atomic E-state index is 0.731. The number of likely N-dealkylation sites (tertiary alicyclic amines) is 1. The van der Waals surface area contributed by atoms with Crippen LogP contribution in [0.5, 0.6) is 0 Å². The summed E-state index contributed by atoms with van der Waals surface area (Å²) in [5.41, 5.74) is 2.60. The third-order valence-corrected chi connectivity index (χ3v) is 4.48. The molecule has 128 valence electrons. The fourth-order valence-electron chi connectivity index (χ4n) is 3.13. The second kappa shape index (κ2) is 9.56. The molecule has 0 aliphatic carbocycles. The predicted molar refractivity (Wildman–Crippen MR) is 98.8 cm³/mol. The summed E-state index contributed by atoms with van der Waals surface area (Å²) >= 11 is 0. The highest BCUT2D eigenvalue weighted by Gasteiger charge is 2.21. The number of aliphatic imine (C=N–C) groups is 1. The van der Waals surface area contributed by atoms with Gasteiger partial charge in [0, 0.05) is 19.6 Å². The summed E-state index contributed by atoms with van der Waals surface area (Å²) in [4.78, 5) is 7.31. The van der Waals surface area contributed by atoms with Gasteiger partial charge in [-0.1, -0.05) is 31.2 Å². The zero-order chi connectivity index (χ0) is 16.5. The van der Waals surface area contributed by atoms with Crippen molar-refractivity contribution in [2.24, 2.45) is 10.9 Å². The fraction of sp³-hybridized carbons (Fsp3) is 0.632. The SMILES string of the molecule is CCCN1CCC(CNC(=NCc2ccccc2C)NCC)C1. The van der Waals surface area contributed by atoms with Crippen LogP contribution in [0.15, 0.2) is 29.3 Å². The number of nitrogens with zero attached hydrogens (tertiary/aromatic N) is 2. The van der Waals surface area contributed by atoms with Crippen LogP contribution in [-0.4, -0.2) is 43.6 Å². The highest BCUT2D eigenvalue weighted by Crippen LogP contribution is 2.15. The molecule has 1 fully saturated rings. The molecule has 4 nitrogen and oxygen atoms in total. The molecule has 0 spiro atoms. The van der Waals surface area contributed by atoms with Gasteiger partial charge in [0.1, 0.15) is 0 Å². The van der Waals surface area contributed by atoms with E-state index in [2.05, 4.69) is 60.6 Å². The summed E-state index contributed by atoms with van der Waals surface area (Å²) in [6, 6.07) is 8.46. The first-order valence-corrected chi connectivity index (χ1v) is 9.02. The molecule has 0 aromatic heterocycles. The number of guanidine groups is 1. The summed E-state index contributed by atoms with van der Waals surface area (Å²) in [6.45, 7) is 12.9. The number of hydrogen-bond donors (Lipinski definition) is 2. The standard InChI is InChI=1S/C19H32N4/c1-4-11-23-12-10-17(15-23)13-21-19(20-5-2)22-14-18-9-7-6-8-16(18)3/h6-9,17H,4-5,10-15H2,1-3H3,(H2,20,21,22). The summed E-state index contributed by atoms with van der Waals surface area (Å²) < 4.78 is 0. The Hall–Kier alpha value is -1.55. The van der Waals surface area contributed by atoms with Crippen molar-refractivity contribution in [3.8, 4) is 0 Å². The molecule has 1 aliphatic heterocycles. The zero-order valence-electron chi connectivity index (χ0n) is 14.9. The second-order valence-electron chi connectivity index (χ2n) is 6.46. The van der Waals surface area contributed by atoms with Gasteiger partial charge in [0.05, 0.1) is 6.54 Å². The summed E-state index contributed by atoms with van der Waals surface area (Å²) in [5, 5.41) is 6.89. The number of benzene rings is 1. The van der Waals surface area contributed by atoms with Crippen molar-refractivity contribution < 1.29 is 0 Å². The fourth-order valence-corrected chi connectivity index (χ4v) is 3.13. The van der Waals surface area contributed by atoms with Crippen molar-refractivity contribution in [3.05, 3.63) is 35.4 Å². The van der Waals surface area contributed by atoms with Crippen molar-refractivity contribution >= 4 is 5.96 Å². The van der Waals surface area contributed by atoms with Crippen LogP contribution in [-0.2, 0) is 6.54 Å². The lowest BCUT2D eigenvalue weighted by Crippen LogP contribution is -2.40. The molecule has 1 atom stereocenters. The van der Waals surface area contributed by atoms with E-state index in [0.717, 1.165) is 31.5 Å². The minimum Gasteiger partial charge on any atom is -0.357 e. The molecular weight excluding hydrogens is 284 g/mol. The van der Waals surface area contributed by atoms with E-state index in [4.69, 9.17) is 4.99 Å². The first kappa shape index (κ1) is 17.8. The average Bonchev–Trinajstić information content (AvgIpc) is 2.99. The van der Waals surface area contributed by atoms with E-state index >= 15 is 0 Å². The van der Waals surface area contributed by atoms with Crippen LogP contribution in [0.4, 0.5) is 0 Å². The van der Waals surface area contributed by atoms with E-state index in [0.29, 0.717) is 0 Å². The molecule has 1 aromatic carbocycles. The van der Waals surface area contributed by atoms with E-state index in [1.54, 1.807) is 0 Å². The van der Waals surface area contributed by atoms with Crippen molar-refractivity contribution in [2.75, 3.05) is 32.7 Å². The van der Waals surface area contributed by atoms with Crippen LogP contribution in [0.25, 0.3) is 0 Å². The van der Waals surface area contributed by atoms with Crippen LogP contribution in [0.2, 0.25) is 0 Å². The Morgan fingerprint density at radius 3 is 2.83 bits per heavy atom. The van der Waals surface area contributed by atoms with E-state index < -0.39 is 0 Å². The zero-order valence-corrected chi connectivity index (χ0v) is 14.9. The van der Waals surface area contributed by atoms with Gasteiger partial charge < -0.3 is 15.5 Å². The van der Waals surface area contributed by atoms with E-state index in [1.807, 2.05) is 0 Å². The normalized spacial score (nSPS) is 19.1. The molecule has 1 unspecified atom stereocenters. The Labute approximate surface area is 141 Å². The van der Waals surface area contributed by atoms with Crippen LogP contribution < -0.4 is 10.6 Å². The maximum Gasteiger partial charge on any atom is 0.191 e. The second-order valence-corrected chi connectivity index (χ2v) is 6.46. The molecule has 2 rings (SSSR count). The lowest BCUT2D eigenvalue weighted by molar-refractivity contribution is 0.324. The first-order chi connectivity index (χ1) is 11.2. The highest BCUT2D eigenvalue weighted by atomic mass is 15.2. The Bertz CT molecular complexity index is 498. The molecule has 1 heterocycles. The molecule has 4 heteroatoms. The predicted octanol–water partition coefficient (Wildman–Crippen LogP) is 2.78. The van der Waals surface area contributed by atoms with Crippen molar-refractivity contribution in [3.63, 3.8) is 0 Å². The topological polar surface area (TPSA) is 39.7 Å². The van der Waals surface area contributed by atoms with E-state index in [1.165, 1.54) is 43.6 Å². The quantitative estimate of drug-likeness (QED) is 0.600. The Kier molecular flexibility index (Phi) is 7.40. The van der Waals surface area contributed by atoms with Gasteiger partial charge in [-0.05, 0) is 56.8 Å². The van der Waals surface area contributed by atoms with Crippen molar-refractivity contribution in [1.82, 2.24) is 15.5 Å². The summed E-state index contributed by atoms with van der Waals surface area (Å²) in [5.74, 6) is 1.67. The molecule has 2 N–H and O–H groups in total. The van der Waals surface area contributed by atoms with Crippen LogP contribution in [0.1, 0.15) is 37.8 Å². The Balaban J connectivity index is 1.84. The lowest BCUT2D eigenvalue weighted by atomic mass is 10.1. The van der Waals surface area contributed by atoms with Gasteiger partial charge in [-0.3, -0.25) is 0 Å². The van der Waals surface area contributed by atoms with Gasteiger partial charge in [-0.2, -0.15) is 0 Å². The maximum absolute atomic E-state index is 4.74. The third kappa shape index (κ3) is 5.87. The Morgan fingerprint density at radius 1 is 1.26 bits per heavy atom. The first-order valence-electron chi connectivity index (χ1n) is 9.02. The molecule has 0 amide bonds. The van der Waals surface area contributed by atoms with Crippen molar-refractivity contribution in [2.45, 2.75) is 40.2 Å². The van der Waals surface area contributed by atoms with Crippen molar-refractivity contribution in [1.29, 1.82) is 0 Å². The van der Waals surface area contributed by atoms with Crippen LogP contribution >= 0.6 is 0 Å². The number of hydrogen-bond acceptors (Lipinski definition) is 2. The largest absolute Gasteiger partial charge is 0.357 e. The monoisotopic (exact) mass is 316 g/mol. The minimum atomic E-state index is 0.731. The van der Waals surface area contributed by atoms with Gasteiger partial charge in [-0.15, -0.1) is 0 Å². The molecule has 1 aromatic rings. The smallest absolute Gasteiger partial charge is 0.191 e. The maximum atomic E-state index is 4.74. The molecule has 1 aliphatic rings. The van der Waals surface area contributed by atoms with Crippen LogP contribution in [0, 0.1) is 12.8 Å². The van der Waals surface area contributed by atoms with Crippen LogP contribution in [0.3, 0.4) is 0 Å². The third-order valence-electron chi connectivity index (χ3n) is 4.48. The van der Waals surface area contributed by atoms with Gasteiger partial charge in [0.15, 0.2) is 5.96 Å². The molecular formula is C19H32N4. The van der Waals surface area contributed by atoms with Gasteiger partial charge in [0.2, 0.25) is 0 Å². The van der Waals surface area contributed by atoms with E-state index in [9.17, 15) is 0 Å². The van der Waals surface area contributed by atoms with E-state index in [-0.39, 0.29) is 0 Å². The number of aryl methyl sites for hydroxylation is 1. The Morgan fingerprint density at radius 2 is 2.09 bits per heavy atom. The van der Waals surface area contributed by atoms with Gasteiger partial charge in [-0.25, -0.2) is 4.99 Å². The number of rotatable bonds is 7. The molecule has 23 heavy (non-hydrogen) atoms. The molecule has 0 bridgehead atoms. The molecule has 1 saturated heterocycles.